The van der Waals surface area contributed by atoms with Crippen molar-refractivity contribution in [1.82, 2.24) is 31.1 Å². The highest BCUT2D eigenvalue weighted by atomic mass is 79.9. The van der Waals surface area contributed by atoms with Crippen LogP contribution in [0, 0.1) is 0 Å². The van der Waals surface area contributed by atoms with E-state index in [0.29, 0.717) is 70.8 Å². The number of halogens is 1. The van der Waals surface area contributed by atoms with Gasteiger partial charge in [0.25, 0.3) is 5.91 Å². The largest absolute Gasteiger partial charge is 0.351 e. The molecule has 79 heavy (non-hydrogen) atoms. The average Bonchev–Trinajstić information content (AvgIpc) is 3.75. The van der Waals surface area contributed by atoms with E-state index < -0.39 is 0 Å². The molecule has 2 heterocycles. The summed E-state index contributed by atoms with van der Waals surface area (Å²) >= 11 is 3.50. The van der Waals surface area contributed by atoms with E-state index in [4.69, 9.17) is 11.5 Å². The van der Waals surface area contributed by atoms with Crippen molar-refractivity contribution in [2.24, 2.45) is 11.5 Å². The lowest BCUT2D eigenvalue weighted by Gasteiger charge is -2.29. The first-order valence-corrected chi connectivity index (χ1v) is 28.6. The quantitative estimate of drug-likeness (QED) is 0.0386. The summed E-state index contributed by atoms with van der Waals surface area (Å²) in [6, 6.07) is 62.3. The Hall–Kier alpha value is -7.26. The topological polar surface area (TPSA) is 175 Å². The zero-order valence-electron chi connectivity index (χ0n) is 45.0. The molecule has 0 radical (unpaired) electrons. The van der Waals surface area contributed by atoms with Crippen LogP contribution in [-0.2, 0) is 14.4 Å². The van der Waals surface area contributed by atoms with E-state index in [-0.39, 0.29) is 59.6 Å². The van der Waals surface area contributed by atoms with Crippen molar-refractivity contribution in [3.05, 3.63) is 232 Å². The molecule has 4 atom stereocenters. The Morgan fingerprint density at radius 2 is 0.975 bits per heavy atom. The Morgan fingerprint density at radius 1 is 0.557 bits per heavy atom. The molecule has 2 fully saturated rings. The van der Waals surface area contributed by atoms with E-state index in [1.54, 1.807) is 12.2 Å². The highest BCUT2D eigenvalue weighted by Crippen LogP contribution is 2.29. The number of rotatable bonds is 21. The molecule has 410 valence electrons. The van der Waals surface area contributed by atoms with Crippen LogP contribution in [0.5, 0.6) is 0 Å². The van der Waals surface area contributed by atoms with Crippen molar-refractivity contribution in [2.75, 3.05) is 52.4 Å². The lowest BCUT2D eigenvalue weighted by molar-refractivity contribution is -0.133. The second-order valence-corrected chi connectivity index (χ2v) is 21.4. The highest BCUT2D eigenvalue weighted by molar-refractivity contribution is 9.10. The molecule has 7 aromatic rings. The molecule has 12 nitrogen and oxygen atoms in total. The molecule has 2 saturated heterocycles. The Bertz CT molecular complexity index is 2960. The van der Waals surface area contributed by atoms with Gasteiger partial charge in [-0.15, -0.1) is 0 Å². The smallest absolute Gasteiger partial charge is 0.251 e. The molecule has 0 unspecified atom stereocenters. The van der Waals surface area contributed by atoms with Gasteiger partial charge in [0.1, 0.15) is 0 Å². The molecular formula is C66H75BrN8O4. The van der Waals surface area contributed by atoms with Gasteiger partial charge in [0.2, 0.25) is 17.7 Å². The van der Waals surface area contributed by atoms with Gasteiger partial charge in [-0.2, -0.15) is 0 Å². The molecule has 0 aliphatic carbocycles. The molecule has 0 spiro atoms. The zero-order valence-corrected chi connectivity index (χ0v) is 46.6. The Balaban J connectivity index is 0.000000209. The van der Waals surface area contributed by atoms with Gasteiger partial charge in [-0.05, 0) is 121 Å². The monoisotopic (exact) mass is 1120 g/mol. The summed E-state index contributed by atoms with van der Waals surface area (Å²) in [4.78, 5) is 57.1. The molecule has 9 rings (SSSR count). The molecule has 7 aromatic carbocycles. The van der Waals surface area contributed by atoms with Gasteiger partial charge in [0.15, 0.2) is 0 Å². The fourth-order valence-electron chi connectivity index (χ4n) is 10.6. The average molecular weight is 1120 g/mol. The second-order valence-electron chi connectivity index (χ2n) is 20.5. The summed E-state index contributed by atoms with van der Waals surface area (Å²) < 4.78 is 1.01. The first-order valence-electron chi connectivity index (χ1n) is 27.8. The number of hydrogen-bond acceptors (Lipinski definition) is 8. The van der Waals surface area contributed by atoms with Crippen LogP contribution >= 0.6 is 15.9 Å². The number of carbonyl (C=O) groups is 4. The van der Waals surface area contributed by atoms with Crippen LogP contribution in [0.4, 0.5) is 0 Å². The molecule has 2 aliphatic rings. The van der Waals surface area contributed by atoms with Gasteiger partial charge in [-0.25, -0.2) is 0 Å². The predicted molar refractivity (Wildman–Crippen MR) is 322 cm³/mol. The van der Waals surface area contributed by atoms with E-state index in [1.165, 1.54) is 22.3 Å². The van der Waals surface area contributed by atoms with Crippen LogP contribution in [0.3, 0.4) is 0 Å². The maximum Gasteiger partial charge on any atom is 0.251 e. The minimum atomic E-state index is -0.339. The Labute approximate surface area is 474 Å². The number of hydrogen-bond donors (Lipinski definition) is 6. The molecular weight excluding hydrogens is 1050 g/mol. The second kappa shape index (κ2) is 30.2. The number of benzene rings is 7. The molecule has 8 N–H and O–H groups in total. The van der Waals surface area contributed by atoms with Crippen LogP contribution in [-0.4, -0.2) is 110 Å². The third-order valence-electron chi connectivity index (χ3n) is 14.9. The third-order valence-corrected chi connectivity index (χ3v) is 15.4. The molecule has 2 aliphatic heterocycles. The van der Waals surface area contributed by atoms with Crippen molar-refractivity contribution in [3.63, 3.8) is 0 Å². The number of fused-ring (bicyclic) bond motifs is 1. The predicted octanol–water partition coefficient (Wildman–Crippen LogP) is 9.41. The summed E-state index contributed by atoms with van der Waals surface area (Å²) in [6.45, 7) is 4.41. The van der Waals surface area contributed by atoms with Crippen molar-refractivity contribution in [3.8, 4) is 0 Å². The van der Waals surface area contributed by atoms with Crippen molar-refractivity contribution >= 4 is 56.4 Å². The summed E-state index contributed by atoms with van der Waals surface area (Å²) in [6.07, 6.45) is 7.71. The first kappa shape index (κ1) is 57.9. The van der Waals surface area contributed by atoms with Gasteiger partial charge in [0.05, 0.1) is 12.1 Å². The SMILES string of the molecule is NCCC[C@@H]1N[C@H](CNC(=O)/C=C/c2ccccc2)CCN(CC(c2ccccc2)c2ccccc2)C1=O.NCCC[C@@H]1N[C@H](CNC(=O)c2ccc3cc(Br)ccc3c2)CCN(CC(c2ccccc2)c2ccccc2)C1=O. The van der Waals surface area contributed by atoms with Gasteiger partial charge < -0.3 is 42.5 Å². The van der Waals surface area contributed by atoms with Crippen molar-refractivity contribution < 1.29 is 19.2 Å². The highest BCUT2D eigenvalue weighted by Gasteiger charge is 2.34. The molecule has 0 aromatic heterocycles. The molecule has 4 amide bonds. The minimum Gasteiger partial charge on any atom is -0.351 e. The fraction of sp³-hybridized carbons (Fsp3) is 0.303. The maximum atomic E-state index is 13.8. The van der Waals surface area contributed by atoms with E-state index in [0.717, 1.165) is 46.5 Å². The molecule has 13 heteroatoms. The Morgan fingerprint density at radius 3 is 1.43 bits per heavy atom. The van der Waals surface area contributed by atoms with Gasteiger partial charge in [0, 0.05) is 79.3 Å². The summed E-state index contributed by atoms with van der Waals surface area (Å²) in [5.41, 5.74) is 18.0. The number of nitrogens with two attached hydrogens (primary N) is 2. The van der Waals surface area contributed by atoms with E-state index in [9.17, 15) is 19.2 Å². The summed E-state index contributed by atoms with van der Waals surface area (Å²) in [5, 5.41) is 15.3. The maximum absolute atomic E-state index is 13.8. The summed E-state index contributed by atoms with van der Waals surface area (Å²) in [5.74, 6) is 0.0979. The lowest BCUT2D eigenvalue weighted by atomic mass is 9.90. The van der Waals surface area contributed by atoms with E-state index in [1.807, 2.05) is 149 Å². The van der Waals surface area contributed by atoms with Gasteiger partial charge in [-0.3, -0.25) is 19.2 Å². The van der Waals surface area contributed by atoms with E-state index in [2.05, 4.69) is 85.7 Å². The van der Waals surface area contributed by atoms with Gasteiger partial charge >= 0.3 is 0 Å². The van der Waals surface area contributed by atoms with Crippen LogP contribution in [0.1, 0.15) is 88.5 Å². The fourth-order valence-corrected chi connectivity index (χ4v) is 11.0. The van der Waals surface area contributed by atoms with Crippen LogP contribution < -0.4 is 32.7 Å². The normalized spacial score (nSPS) is 17.8. The zero-order chi connectivity index (χ0) is 55.2. The van der Waals surface area contributed by atoms with Crippen LogP contribution in [0.15, 0.2) is 199 Å². The van der Waals surface area contributed by atoms with E-state index >= 15 is 0 Å². The number of carbonyl (C=O) groups excluding carboxylic acids is 4. The van der Waals surface area contributed by atoms with Crippen LogP contribution in [0.2, 0.25) is 0 Å². The standard InChI is InChI=1S/C34H37BrN4O2.C32H38N4O2/c35-29-16-15-26-20-28(14-13-27(26)21-29)33(40)37-22-30-17-19-39(34(41)32(38-30)12-7-18-36)23-31(24-8-3-1-4-9-24)25-10-5-2-6-11-25;33-21-10-17-30-32(38)36(24-29(26-13-6-2-7-14-26)27-15-8-3-9-16-27)22-20-28(35-30)23-34-31(37)19-18-25-11-4-1-5-12-25/h1-6,8-11,13-16,20-21,30-32,38H,7,12,17-19,22-23,36H2,(H,37,40);1-9,11-16,18-19,28-30,35H,10,17,20-24,33H2,(H,34,37)/b;19-18+/t30-,32-;28-,30-/m00/s1. The van der Waals surface area contributed by atoms with Gasteiger partial charge in [-0.1, -0.05) is 180 Å². The van der Waals surface area contributed by atoms with Crippen molar-refractivity contribution in [2.45, 2.75) is 74.5 Å². The third kappa shape index (κ3) is 17.1. The molecule has 0 bridgehead atoms. The summed E-state index contributed by atoms with van der Waals surface area (Å²) in [7, 11) is 0. The first-order chi connectivity index (χ1) is 38.6. The lowest BCUT2D eigenvalue weighted by Crippen LogP contribution is -2.49. The van der Waals surface area contributed by atoms with Crippen molar-refractivity contribution in [1.29, 1.82) is 0 Å². The minimum absolute atomic E-state index is 0.00676. The number of nitrogens with one attached hydrogen (secondary N) is 4. The Kier molecular flexibility index (Phi) is 22.1. The number of amides is 4. The molecule has 0 saturated carbocycles. The van der Waals surface area contributed by atoms with Crippen LogP contribution in [0.25, 0.3) is 16.8 Å². The number of nitrogens with zero attached hydrogens (tertiary/aromatic N) is 2.